The molecule has 5 aromatic rings. The highest BCUT2D eigenvalue weighted by Crippen LogP contribution is 2.31. The molecule has 1 saturated heterocycles. The number of fused-ring (bicyclic) bond motifs is 2. The first-order valence-electron chi connectivity index (χ1n) is 11.7. The van der Waals surface area contributed by atoms with E-state index in [0.717, 1.165) is 59.8 Å². The third-order valence-corrected chi connectivity index (χ3v) is 6.32. The third kappa shape index (κ3) is 4.09. The highest BCUT2D eigenvalue weighted by molar-refractivity contribution is 5.87. The molecule has 0 aliphatic carbocycles. The number of aromatic amines is 1. The van der Waals surface area contributed by atoms with Crippen LogP contribution in [0.25, 0.3) is 27.8 Å². The van der Waals surface area contributed by atoms with E-state index >= 15 is 0 Å². The maximum atomic E-state index is 10.4. The fourth-order valence-electron chi connectivity index (χ4n) is 4.51. The topological polar surface area (TPSA) is 104 Å². The van der Waals surface area contributed by atoms with Gasteiger partial charge in [-0.05, 0) is 44.2 Å². The molecule has 35 heavy (non-hydrogen) atoms. The van der Waals surface area contributed by atoms with Gasteiger partial charge in [-0.15, -0.1) is 0 Å². The van der Waals surface area contributed by atoms with E-state index in [1.807, 2.05) is 35.0 Å². The van der Waals surface area contributed by atoms with E-state index in [-0.39, 0.29) is 0 Å². The summed E-state index contributed by atoms with van der Waals surface area (Å²) in [4.78, 5) is 11.7. The number of aliphatic hydroxyl groups is 1. The Bertz CT molecular complexity index is 1490. The highest BCUT2D eigenvalue weighted by Gasteiger charge is 2.22. The van der Waals surface area contributed by atoms with E-state index in [9.17, 15) is 5.11 Å². The van der Waals surface area contributed by atoms with Crippen LogP contribution in [0.4, 0.5) is 17.2 Å². The van der Waals surface area contributed by atoms with E-state index in [1.165, 1.54) is 5.69 Å². The molecular weight excluding hydrogens is 442 g/mol. The molecule has 0 saturated carbocycles. The summed E-state index contributed by atoms with van der Waals surface area (Å²) in [5.74, 6) is 0.675. The predicted octanol–water partition coefficient (Wildman–Crippen LogP) is 4.08. The van der Waals surface area contributed by atoms with Crippen LogP contribution in [0.1, 0.15) is 19.5 Å². The van der Waals surface area contributed by atoms with Crippen LogP contribution in [0.2, 0.25) is 0 Å². The van der Waals surface area contributed by atoms with Crippen molar-refractivity contribution in [2.45, 2.75) is 19.4 Å². The van der Waals surface area contributed by atoms with Gasteiger partial charge in [0.15, 0.2) is 11.5 Å². The second-order valence-corrected chi connectivity index (χ2v) is 9.30. The number of anilines is 3. The fraction of sp³-hybridized carbons (Fsp3) is 0.269. The number of nitrogens with one attached hydrogen (secondary N) is 2. The van der Waals surface area contributed by atoms with Gasteiger partial charge in [-0.25, -0.2) is 9.97 Å². The van der Waals surface area contributed by atoms with Crippen LogP contribution in [0.3, 0.4) is 0 Å². The van der Waals surface area contributed by atoms with Gasteiger partial charge in [0.05, 0.1) is 24.4 Å². The maximum absolute atomic E-state index is 10.4. The van der Waals surface area contributed by atoms with Gasteiger partial charge in [0.25, 0.3) is 0 Å². The van der Waals surface area contributed by atoms with Crippen molar-refractivity contribution in [3.63, 3.8) is 0 Å². The number of hydrogen-bond donors (Lipinski definition) is 3. The van der Waals surface area contributed by atoms with Crippen LogP contribution < -0.4 is 10.2 Å². The number of nitrogens with zero attached hydrogens (tertiary/aromatic N) is 5. The van der Waals surface area contributed by atoms with Crippen molar-refractivity contribution >= 4 is 33.7 Å². The van der Waals surface area contributed by atoms with Crippen molar-refractivity contribution in [1.29, 1.82) is 0 Å². The van der Waals surface area contributed by atoms with Crippen LogP contribution in [0, 0.1) is 0 Å². The molecule has 0 amide bonds. The number of rotatable bonds is 5. The zero-order valence-corrected chi connectivity index (χ0v) is 19.7. The van der Waals surface area contributed by atoms with Crippen molar-refractivity contribution in [3.05, 3.63) is 66.7 Å². The first kappa shape index (κ1) is 21.6. The molecule has 1 aliphatic heterocycles. The van der Waals surface area contributed by atoms with Crippen LogP contribution in [0.5, 0.6) is 0 Å². The molecule has 178 valence electrons. The SMILES string of the molecule is CC(C)(O)c1n[nH]c2cc(-c3cn4ccnc4c(Nc4ccc(N5CCOCC5)cc4)n3)ccc12. The lowest BCUT2D eigenvalue weighted by atomic mass is 10.0. The minimum Gasteiger partial charge on any atom is -0.384 e. The second kappa shape index (κ2) is 8.37. The Morgan fingerprint density at radius 1 is 1.09 bits per heavy atom. The largest absolute Gasteiger partial charge is 0.384 e. The Morgan fingerprint density at radius 3 is 2.66 bits per heavy atom. The molecule has 6 rings (SSSR count). The van der Waals surface area contributed by atoms with Crippen molar-refractivity contribution in [1.82, 2.24) is 24.6 Å². The molecule has 9 heteroatoms. The molecule has 2 aromatic carbocycles. The normalized spacial score (nSPS) is 14.7. The lowest BCUT2D eigenvalue weighted by Gasteiger charge is -2.28. The van der Waals surface area contributed by atoms with E-state index in [2.05, 4.69) is 49.7 Å². The molecular formula is C26H27N7O2. The van der Waals surface area contributed by atoms with Crippen LogP contribution >= 0.6 is 0 Å². The Morgan fingerprint density at radius 2 is 1.89 bits per heavy atom. The zero-order chi connectivity index (χ0) is 24.0. The van der Waals surface area contributed by atoms with Gasteiger partial charge in [-0.1, -0.05) is 12.1 Å². The third-order valence-electron chi connectivity index (χ3n) is 6.32. The molecule has 0 unspecified atom stereocenters. The molecule has 9 nitrogen and oxygen atoms in total. The lowest BCUT2D eigenvalue weighted by molar-refractivity contribution is 0.0753. The van der Waals surface area contributed by atoms with Crippen molar-refractivity contribution in [3.8, 4) is 11.3 Å². The van der Waals surface area contributed by atoms with E-state index in [1.54, 1.807) is 20.0 Å². The molecule has 0 spiro atoms. The summed E-state index contributed by atoms with van der Waals surface area (Å²) in [7, 11) is 0. The van der Waals surface area contributed by atoms with E-state index in [0.29, 0.717) is 11.5 Å². The van der Waals surface area contributed by atoms with Gasteiger partial charge in [0.1, 0.15) is 11.3 Å². The Balaban J connectivity index is 1.33. The van der Waals surface area contributed by atoms with E-state index in [4.69, 9.17) is 9.72 Å². The molecule has 3 aromatic heterocycles. The van der Waals surface area contributed by atoms with Crippen LogP contribution in [0.15, 0.2) is 61.1 Å². The molecule has 3 N–H and O–H groups in total. The summed E-state index contributed by atoms with van der Waals surface area (Å²) in [6.45, 7) is 6.80. The number of H-pyrrole nitrogens is 1. The fourth-order valence-corrected chi connectivity index (χ4v) is 4.51. The van der Waals surface area contributed by atoms with Gasteiger partial charge >= 0.3 is 0 Å². The lowest BCUT2D eigenvalue weighted by Crippen LogP contribution is -2.36. The Kier molecular flexibility index (Phi) is 5.16. The molecule has 0 radical (unpaired) electrons. The standard InChI is InChI=1S/C26H27N7O2/c1-26(2,34)23-20-8-3-17(15-21(20)30-31-23)22-16-33-10-9-27-25(33)24(29-22)28-18-4-6-19(7-5-18)32-11-13-35-14-12-32/h3-10,15-16,34H,11-14H2,1-2H3,(H,28,29)(H,30,31). The number of hydrogen-bond acceptors (Lipinski definition) is 7. The average Bonchev–Trinajstić information content (AvgIpc) is 3.52. The second-order valence-electron chi connectivity index (χ2n) is 9.30. The average molecular weight is 470 g/mol. The summed E-state index contributed by atoms with van der Waals surface area (Å²) in [6.07, 6.45) is 5.64. The highest BCUT2D eigenvalue weighted by atomic mass is 16.5. The summed E-state index contributed by atoms with van der Waals surface area (Å²) >= 11 is 0. The molecule has 0 bridgehead atoms. The summed E-state index contributed by atoms with van der Waals surface area (Å²) in [5, 5.41) is 22.1. The molecule has 1 fully saturated rings. The number of imidazole rings is 1. The monoisotopic (exact) mass is 469 g/mol. The van der Waals surface area contributed by atoms with Crippen molar-refractivity contribution in [2.24, 2.45) is 0 Å². The van der Waals surface area contributed by atoms with Gasteiger partial charge in [0.2, 0.25) is 0 Å². The summed E-state index contributed by atoms with van der Waals surface area (Å²) in [6, 6.07) is 14.3. The first-order chi connectivity index (χ1) is 17.0. The minimum absolute atomic E-state index is 0.625. The maximum Gasteiger partial charge on any atom is 0.180 e. The Hall–Kier alpha value is -3.95. The quantitative estimate of drug-likeness (QED) is 0.356. The van der Waals surface area contributed by atoms with Gasteiger partial charge in [0, 0.05) is 54.0 Å². The van der Waals surface area contributed by atoms with Crippen molar-refractivity contribution < 1.29 is 9.84 Å². The smallest absolute Gasteiger partial charge is 0.180 e. The number of morpholine rings is 1. The first-order valence-corrected chi connectivity index (χ1v) is 11.7. The number of benzene rings is 2. The van der Waals surface area contributed by atoms with Gasteiger partial charge in [-0.3, -0.25) is 5.10 Å². The van der Waals surface area contributed by atoms with Gasteiger partial charge in [-0.2, -0.15) is 5.10 Å². The van der Waals surface area contributed by atoms with Gasteiger partial charge < -0.3 is 24.5 Å². The zero-order valence-electron chi connectivity index (χ0n) is 19.7. The molecule has 4 heterocycles. The van der Waals surface area contributed by atoms with Crippen molar-refractivity contribution in [2.75, 3.05) is 36.5 Å². The number of aromatic nitrogens is 5. The van der Waals surface area contributed by atoms with Crippen LogP contribution in [-0.2, 0) is 10.3 Å². The Labute approximate surface area is 202 Å². The number of ether oxygens (including phenoxy) is 1. The summed E-state index contributed by atoms with van der Waals surface area (Å²) in [5.41, 5.74) is 5.05. The molecule has 0 atom stereocenters. The van der Waals surface area contributed by atoms with E-state index < -0.39 is 5.60 Å². The molecule has 1 aliphatic rings. The summed E-state index contributed by atoms with van der Waals surface area (Å²) < 4.78 is 7.42. The van der Waals surface area contributed by atoms with Crippen LogP contribution in [-0.4, -0.2) is 56.0 Å². The minimum atomic E-state index is -1.03. The predicted molar refractivity (Wildman–Crippen MR) is 136 cm³/mol.